The Balaban J connectivity index is 1.80. The lowest BCUT2D eigenvalue weighted by Crippen LogP contribution is -2.42. The second-order valence-electron chi connectivity index (χ2n) is 5.72. The number of hydrogen-bond donors (Lipinski definition) is 1. The summed E-state index contributed by atoms with van der Waals surface area (Å²) in [7, 11) is 0. The topological polar surface area (TPSA) is 74.2 Å². The van der Waals surface area contributed by atoms with Crippen LogP contribution in [0.25, 0.3) is 0 Å². The molecule has 106 valence electrons. The molecule has 1 aromatic carbocycles. The third-order valence-electron chi connectivity index (χ3n) is 3.92. The summed E-state index contributed by atoms with van der Waals surface area (Å²) < 4.78 is 10.8. The predicted octanol–water partition coefficient (Wildman–Crippen LogP) is 1.58. The Labute approximate surface area is 118 Å². The van der Waals surface area contributed by atoms with Gasteiger partial charge in [0.2, 0.25) is 5.89 Å². The van der Waals surface area contributed by atoms with Gasteiger partial charge in [-0.15, -0.1) is 0 Å². The third-order valence-corrected chi connectivity index (χ3v) is 3.92. The molecule has 1 fully saturated rings. The van der Waals surface area contributed by atoms with Gasteiger partial charge in [-0.05, 0) is 19.4 Å². The molecule has 2 atom stereocenters. The first kappa shape index (κ1) is 13.3. The van der Waals surface area contributed by atoms with Crippen LogP contribution >= 0.6 is 0 Å². The van der Waals surface area contributed by atoms with Gasteiger partial charge in [-0.3, -0.25) is 0 Å². The fraction of sp³-hybridized carbons (Fsp3) is 0.467. The Morgan fingerprint density at radius 2 is 2.30 bits per heavy atom. The molecular weight excluding hydrogens is 254 g/mol. The number of rotatable bonds is 3. The second kappa shape index (κ2) is 5.00. The minimum Gasteiger partial charge on any atom is -0.379 e. The molecule has 5 heteroatoms. The summed E-state index contributed by atoms with van der Waals surface area (Å²) in [5.41, 5.74) is 8.10. The van der Waals surface area contributed by atoms with Crippen LogP contribution in [-0.4, -0.2) is 29.4 Å². The van der Waals surface area contributed by atoms with Crippen LogP contribution in [0.5, 0.6) is 0 Å². The van der Waals surface area contributed by atoms with Crippen molar-refractivity contribution in [2.75, 3.05) is 13.2 Å². The fourth-order valence-corrected chi connectivity index (χ4v) is 2.47. The van der Waals surface area contributed by atoms with E-state index >= 15 is 0 Å². The number of aryl methyl sites for hydroxylation is 1. The molecule has 1 aliphatic heterocycles. The molecule has 2 unspecified atom stereocenters. The summed E-state index contributed by atoms with van der Waals surface area (Å²) in [4.78, 5) is 4.50. The van der Waals surface area contributed by atoms with E-state index in [4.69, 9.17) is 15.0 Å². The highest BCUT2D eigenvalue weighted by atomic mass is 16.5. The molecular formula is C15H19N3O2. The van der Waals surface area contributed by atoms with E-state index in [0.29, 0.717) is 31.3 Å². The average Bonchev–Trinajstić information content (AvgIpc) is 2.99. The Morgan fingerprint density at radius 1 is 1.45 bits per heavy atom. The van der Waals surface area contributed by atoms with E-state index in [2.05, 4.69) is 35.3 Å². The van der Waals surface area contributed by atoms with Crippen molar-refractivity contribution in [3.05, 3.63) is 47.1 Å². The van der Waals surface area contributed by atoms with Crippen molar-refractivity contribution in [1.82, 2.24) is 10.1 Å². The van der Waals surface area contributed by atoms with Gasteiger partial charge in [-0.2, -0.15) is 4.98 Å². The maximum Gasteiger partial charge on any atom is 0.236 e. The maximum absolute atomic E-state index is 6.07. The number of benzene rings is 1. The van der Waals surface area contributed by atoms with Gasteiger partial charge < -0.3 is 15.0 Å². The van der Waals surface area contributed by atoms with Gasteiger partial charge in [0.25, 0.3) is 0 Å². The first-order chi connectivity index (χ1) is 9.58. The van der Waals surface area contributed by atoms with E-state index in [-0.39, 0.29) is 11.5 Å². The highest BCUT2D eigenvalue weighted by Gasteiger charge is 2.44. The van der Waals surface area contributed by atoms with Crippen molar-refractivity contribution < 1.29 is 9.26 Å². The first-order valence-electron chi connectivity index (χ1n) is 6.80. The van der Waals surface area contributed by atoms with Gasteiger partial charge >= 0.3 is 0 Å². The minimum atomic E-state index is -0.377. The van der Waals surface area contributed by atoms with Gasteiger partial charge in [-0.1, -0.05) is 35.0 Å². The lowest BCUT2D eigenvalue weighted by atomic mass is 9.86. The molecule has 20 heavy (non-hydrogen) atoms. The molecule has 3 rings (SSSR count). The highest BCUT2D eigenvalue weighted by molar-refractivity contribution is 5.25. The molecule has 5 nitrogen and oxygen atoms in total. The summed E-state index contributed by atoms with van der Waals surface area (Å²) >= 11 is 0. The van der Waals surface area contributed by atoms with Crippen LogP contribution in [0.4, 0.5) is 0 Å². The maximum atomic E-state index is 6.07. The average molecular weight is 273 g/mol. The van der Waals surface area contributed by atoms with E-state index in [1.54, 1.807) is 0 Å². The van der Waals surface area contributed by atoms with Crippen molar-refractivity contribution in [3.63, 3.8) is 0 Å². The Kier molecular flexibility index (Phi) is 3.31. The Bertz CT molecular complexity index is 611. The van der Waals surface area contributed by atoms with Crippen LogP contribution in [-0.2, 0) is 16.6 Å². The quantitative estimate of drug-likeness (QED) is 0.919. The van der Waals surface area contributed by atoms with E-state index in [0.717, 1.165) is 0 Å². The smallest absolute Gasteiger partial charge is 0.236 e. The molecule has 1 saturated heterocycles. The van der Waals surface area contributed by atoms with Gasteiger partial charge in [0.15, 0.2) is 5.82 Å². The summed E-state index contributed by atoms with van der Waals surface area (Å²) in [6, 6.07) is 8.20. The van der Waals surface area contributed by atoms with Crippen LogP contribution in [0, 0.1) is 6.92 Å². The predicted molar refractivity (Wildman–Crippen MR) is 74.4 cm³/mol. The van der Waals surface area contributed by atoms with Gasteiger partial charge in [0.05, 0.1) is 18.6 Å². The monoisotopic (exact) mass is 273 g/mol. The van der Waals surface area contributed by atoms with Gasteiger partial charge in [0, 0.05) is 12.5 Å². The number of hydrogen-bond acceptors (Lipinski definition) is 5. The zero-order chi connectivity index (χ0) is 14.2. The molecule has 0 amide bonds. The molecule has 2 aromatic rings. The van der Waals surface area contributed by atoms with E-state index in [1.807, 2.05) is 13.0 Å². The van der Waals surface area contributed by atoms with Gasteiger partial charge in [0.1, 0.15) is 0 Å². The second-order valence-corrected chi connectivity index (χ2v) is 5.72. The van der Waals surface area contributed by atoms with Crippen LogP contribution in [0.15, 0.2) is 28.8 Å². The van der Waals surface area contributed by atoms with Crippen molar-refractivity contribution in [2.24, 2.45) is 5.73 Å². The van der Waals surface area contributed by atoms with E-state index in [1.165, 1.54) is 11.1 Å². The van der Waals surface area contributed by atoms with Crippen molar-refractivity contribution in [3.8, 4) is 0 Å². The molecule has 1 aliphatic rings. The van der Waals surface area contributed by atoms with Gasteiger partial charge in [-0.25, -0.2) is 0 Å². The summed E-state index contributed by atoms with van der Waals surface area (Å²) in [6.07, 6.45) is 0.664. The molecule has 0 aliphatic carbocycles. The van der Waals surface area contributed by atoms with E-state index < -0.39 is 0 Å². The number of nitrogens with two attached hydrogens (primary N) is 1. The molecule has 1 aromatic heterocycles. The highest BCUT2D eigenvalue weighted by Crippen LogP contribution is 2.30. The van der Waals surface area contributed by atoms with Crippen LogP contribution in [0.2, 0.25) is 0 Å². The Morgan fingerprint density at radius 3 is 3.00 bits per heavy atom. The zero-order valence-corrected chi connectivity index (χ0v) is 11.8. The molecule has 0 radical (unpaired) electrons. The lowest BCUT2D eigenvalue weighted by Gasteiger charge is -2.21. The summed E-state index contributed by atoms with van der Waals surface area (Å²) in [5, 5.41) is 4.07. The summed E-state index contributed by atoms with van der Waals surface area (Å²) in [6.45, 7) is 5.14. The largest absolute Gasteiger partial charge is 0.379 e. The summed E-state index contributed by atoms with van der Waals surface area (Å²) in [5.74, 6) is 1.26. The molecule has 0 saturated carbocycles. The SMILES string of the molecule is Cc1cccc(Cc2noc(C3(C)COCC3N)n2)c1. The molecule has 2 N–H and O–H groups in total. The Hall–Kier alpha value is -1.72. The van der Waals surface area contributed by atoms with Crippen LogP contribution < -0.4 is 5.73 Å². The van der Waals surface area contributed by atoms with E-state index in [9.17, 15) is 0 Å². The minimum absolute atomic E-state index is 0.102. The standard InChI is InChI=1S/C15H19N3O2/c1-10-4-3-5-11(6-10)7-13-17-14(20-18-13)15(2)9-19-8-12(15)16/h3-6,12H,7-9,16H2,1-2H3. The third kappa shape index (κ3) is 2.34. The first-order valence-corrected chi connectivity index (χ1v) is 6.80. The molecule has 0 spiro atoms. The lowest BCUT2D eigenvalue weighted by molar-refractivity contribution is 0.169. The number of ether oxygens (including phenoxy) is 1. The number of aromatic nitrogens is 2. The van der Waals surface area contributed by atoms with Crippen LogP contribution in [0.1, 0.15) is 29.8 Å². The zero-order valence-electron chi connectivity index (χ0n) is 11.8. The van der Waals surface area contributed by atoms with Crippen molar-refractivity contribution >= 4 is 0 Å². The molecule has 0 bridgehead atoms. The van der Waals surface area contributed by atoms with Crippen molar-refractivity contribution in [2.45, 2.75) is 31.7 Å². The molecule has 2 heterocycles. The number of nitrogens with zero attached hydrogens (tertiary/aromatic N) is 2. The fourth-order valence-electron chi connectivity index (χ4n) is 2.47. The van der Waals surface area contributed by atoms with Crippen LogP contribution in [0.3, 0.4) is 0 Å². The van der Waals surface area contributed by atoms with Crippen molar-refractivity contribution in [1.29, 1.82) is 0 Å². The normalized spacial score (nSPS) is 26.1.